The molecule has 280 valence electrons. The number of aryl methyl sites for hydroxylation is 2. The van der Waals surface area contributed by atoms with E-state index in [-0.39, 0.29) is 34.8 Å². The third-order valence-electron chi connectivity index (χ3n) is 9.83. The highest BCUT2D eigenvalue weighted by atomic mass is 35.5. The standard InChI is InChI=1S/C39H50ClN5O6S/c1-7-11-26(3)25-52(48,43-38(47)33-24-44(4)41-39(33)50-6)42-37(46)28-15-18-36-34(21-28)45(23-30-14-17-32(30)35(8-2)49-5)22-29-13-16-31(40)20-27(29)12-9-10-19-51-36/h7-8,13,15-16,18,20-21,24,26,30,32,35H,1-2,9-12,14,17,19,22-23,25H2,3-6H3,(H,42,43,46,47,48)/t26-,30-,32+,35-,52?/m0/s1. The minimum absolute atomic E-state index is 0.0605. The largest absolute Gasteiger partial charge is 0.491 e. The maximum Gasteiger partial charge on any atom is 0.286 e. The lowest BCUT2D eigenvalue weighted by Crippen LogP contribution is -2.43. The monoisotopic (exact) mass is 751 g/mol. The van der Waals surface area contributed by atoms with Crippen LogP contribution < -0.4 is 19.1 Å². The van der Waals surface area contributed by atoms with Gasteiger partial charge < -0.3 is 19.1 Å². The highest BCUT2D eigenvalue weighted by molar-refractivity contribution is 7.92. The summed E-state index contributed by atoms with van der Waals surface area (Å²) in [5, 5.41) is 4.82. The number of hydrogen-bond donors (Lipinski definition) is 1. The Morgan fingerprint density at radius 2 is 1.98 bits per heavy atom. The molecule has 0 radical (unpaired) electrons. The molecule has 1 unspecified atom stereocenters. The number of rotatable bonds is 13. The third kappa shape index (κ3) is 9.45. The maximum atomic E-state index is 14.4. The van der Waals surface area contributed by atoms with E-state index in [2.05, 4.69) is 38.3 Å². The number of allylic oxidation sites excluding steroid dienone is 1. The highest BCUT2D eigenvalue weighted by Gasteiger charge is 2.37. The molecule has 1 aromatic heterocycles. The molecule has 0 saturated heterocycles. The van der Waals surface area contributed by atoms with Gasteiger partial charge in [0, 0.05) is 44.0 Å². The zero-order valence-corrected chi connectivity index (χ0v) is 32.1. The van der Waals surface area contributed by atoms with Crippen molar-refractivity contribution in [3.8, 4) is 11.6 Å². The SMILES string of the molecule is C=CC[C@H](C)CS(=O)(=NC(=O)c1ccc2c(c1)N(C[C@@H]1CC[C@H]1[C@H](C=C)OC)Cc1ccc(Cl)cc1CCCCO2)NC(=O)c1cn(C)nc1OC. The number of carbonyl (C=O) groups is 2. The van der Waals surface area contributed by atoms with Crippen molar-refractivity contribution in [2.24, 2.45) is 29.2 Å². The number of ether oxygens (including phenoxy) is 3. The first-order valence-electron chi connectivity index (χ1n) is 17.7. The van der Waals surface area contributed by atoms with E-state index in [0.29, 0.717) is 48.7 Å². The molecule has 13 heteroatoms. The summed E-state index contributed by atoms with van der Waals surface area (Å²) in [5.41, 5.74) is 3.37. The van der Waals surface area contributed by atoms with Gasteiger partial charge in [-0.05, 0) is 97.7 Å². The Labute approximate surface area is 312 Å². The number of hydrogen-bond acceptors (Lipinski definition) is 8. The number of nitrogens with one attached hydrogen (secondary N) is 1. The number of nitrogens with zero attached hydrogens (tertiary/aromatic N) is 4. The van der Waals surface area contributed by atoms with Gasteiger partial charge in [0.15, 0.2) is 0 Å². The number of methoxy groups -OCH3 is 2. The summed E-state index contributed by atoms with van der Waals surface area (Å²) in [4.78, 5) is 29.7. The Morgan fingerprint density at radius 3 is 2.67 bits per heavy atom. The molecule has 1 fully saturated rings. The quantitative estimate of drug-likeness (QED) is 0.182. The van der Waals surface area contributed by atoms with Gasteiger partial charge in [-0.1, -0.05) is 36.7 Å². The summed E-state index contributed by atoms with van der Waals surface area (Å²) in [6.45, 7) is 11.4. The molecular weight excluding hydrogens is 702 g/mol. The summed E-state index contributed by atoms with van der Waals surface area (Å²) in [5.74, 6) is -0.347. The Balaban J connectivity index is 1.56. The van der Waals surface area contributed by atoms with Crippen LogP contribution in [0, 0.1) is 17.8 Å². The number of fused-ring (bicyclic) bond motifs is 2. The van der Waals surface area contributed by atoms with Gasteiger partial charge in [-0.2, -0.15) is 0 Å². The molecular formula is C39H50ClN5O6S. The van der Waals surface area contributed by atoms with Gasteiger partial charge in [0.1, 0.15) is 21.2 Å². The molecule has 5 atom stereocenters. The molecule has 1 aliphatic carbocycles. The first-order valence-corrected chi connectivity index (χ1v) is 19.8. The van der Waals surface area contributed by atoms with Crippen LogP contribution in [-0.2, 0) is 34.7 Å². The number of anilines is 1. The lowest BCUT2D eigenvalue weighted by molar-refractivity contribution is 0.0137. The highest BCUT2D eigenvalue weighted by Crippen LogP contribution is 2.42. The third-order valence-corrected chi connectivity index (χ3v) is 12.0. The smallest absolute Gasteiger partial charge is 0.286 e. The summed E-state index contributed by atoms with van der Waals surface area (Å²) in [6.07, 6.45) is 10.2. The van der Waals surface area contributed by atoms with Gasteiger partial charge in [0.05, 0.1) is 31.3 Å². The Hall–Kier alpha value is -4.13. The molecule has 2 aromatic carbocycles. The lowest BCUT2D eigenvalue weighted by Gasteiger charge is -2.43. The van der Waals surface area contributed by atoms with Crippen LogP contribution in [0.5, 0.6) is 11.6 Å². The van der Waals surface area contributed by atoms with E-state index in [0.717, 1.165) is 43.4 Å². The minimum atomic E-state index is -3.61. The molecule has 11 nitrogen and oxygen atoms in total. The average molecular weight is 752 g/mol. The molecule has 1 saturated carbocycles. The van der Waals surface area contributed by atoms with Crippen LogP contribution in [0.2, 0.25) is 5.02 Å². The maximum absolute atomic E-state index is 14.4. The second kappa shape index (κ2) is 17.6. The number of halogens is 1. The van der Waals surface area contributed by atoms with Crippen LogP contribution in [0.15, 0.2) is 72.3 Å². The van der Waals surface area contributed by atoms with Crippen LogP contribution in [0.4, 0.5) is 5.69 Å². The van der Waals surface area contributed by atoms with E-state index in [9.17, 15) is 13.8 Å². The molecule has 1 aliphatic heterocycles. The predicted octanol–water partition coefficient (Wildman–Crippen LogP) is 7.20. The van der Waals surface area contributed by atoms with Crippen molar-refractivity contribution < 1.29 is 28.0 Å². The molecule has 1 N–H and O–H groups in total. The second-order valence-electron chi connectivity index (χ2n) is 13.7. The van der Waals surface area contributed by atoms with Crippen LogP contribution in [-0.4, -0.2) is 65.0 Å². The molecule has 2 aliphatic rings. The Morgan fingerprint density at radius 1 is 1.17 bits per heavy atom. The summed E-state index contributed by atoms with van der Waals surface area (Å²) < 4.78 is 40.0. The lowest BCUT2D eigenvalue weighted by atomic mass is 9.70. The molecule has 52 heavy (non-hydrogen) atoms. The normalized spacial score (nSPS) is 19.5. The molecule has 2 amide bonds. The molecule has 5 rings (SSSR count). The molecule has 0 bridgehead atoms. The van der Waals surface area contributed by atoms with E-state index in [1.54, 1.807) is 38.4 Å². The van der Waals surface area contributed by atoms with Crippen LogP contribution in [0.25, 0.3) is 0 Å². The van der Waals surface area contributed by atoms with Crippen molar-refractivity contribution >= 4 is 39.0 Å². The first-order chi connectivity index (χ1) is 25.0. The van der Waals surface area contributed by atoms with Gasteiger partial charge in [0.2, 0.25) is 5.88 Å². The zero-order chi connectivity index (χ0) is 37.4. The first kappa shape index (κ1) is 39.1. The Bertz CT molecular complexity index is 1900. The van der Waals surface area contributed by atoms with Crippen LogP contribution in [0.1, 0.15) is 70.9 Å². The van der Waals surface area contributed by atoms with Gasteiger partial charge >= 0.3 is 0 Å². The van der Waals surface area contributed by atoms with Gasteiger partial charge in [-0.15, -0.1) is 22.6 Å². The fraction of sp³-hybridized carbons (Fsp3) is 0.462. The van der Waals surface area contributed by atoms with Gasteiger partial charge in [-0.3, -0.25) is 19.0 Å². The minimum Gasteiger partial charge on any atom is -0.491 e. The second-order valence-corrected chi connectivity index (χ2v) is 16.1. The van der Waals surface area contributed by atoms with Crippen LogP contribution in [0.3, 0.4) is 0 Å². The van der Waals surface area contributed by atoms with Crippen molar-refractivity contribution in [1.29, 1.82) is 0 Å². The molecule has 3 aromatic rings. The number of aromatic nitrogens is 2. The van der Waals surface area contributed by atoms with Crippen molar-refractivity contribution in [3.63, 3.8) is 0 Å². The van der Waals surface area contributed by atoms with E-state index < -0.39 is 21.7 Å². The van der Waals surface area contributed by atoms with E-state index in [4.69, 9.17) is 25.8 Å². The van der Waals surface area contributed by atoms with Crippen molar-refractivity contribution in [2.75, 3.05) is 38.0 Å². The van der Waals surface area contributed by atoms with Crippen LogP contribution >= 0.6 is 11.6 Å². The van der Waals surface area contributed by atoms with Crippen molar-refractivity contribution in [1.82, 2.24) is 14.5 Å². The number of carbonyl (C=O) groups excluding carboxylic acids is 2. The number of amides is 2. The molecule has 2 heterocycles. The molecule has 0 spiro atoms. The van der Waals surface area contributed by atoms with E-state index in [1.165, 1.54) is 23.6 Å². The van der Waals surface area contributed by atoms with Gasteiger partial charge in [0.25, 0.3) is 11.8 Å². The van der Waals surface area contributed by atoms with Crippen molar-refractivity contribution in [2.45, 2.75) is 58.1 Å². The summed E-state index contributed by atoms with van der Waals surface area (Å²) in [7, 11) is 1.14. The summed E-state index contributed by atoms with van der Waals surface area (Å²) >= 11 is 6.46. The van der Waals surface area contributed by atoms with Crippen molar-refractivity contribution in [3.05, 3.63) is 95.2 Å². The fourth-order valence-corrected chi connectivity index (χ4v) is 9.12. The fourth-order valence-electron chi connectivity index (χ4n) is 7.04. The topological polar surface area (TPSA) is 124 Å². The zero-order valence-electron chi connectivity index (χ0n) is 30.5. The number of benzene rings is 2. The van der Waals surface area contributed by atoms with E-state index in [1.807, 2.05) is 25.1 Å². The van der Waals surface area contributed by atoms with E-state index >= 15 is 0 Å². The summed E-state index contributed by atoms with van der Waals surface area (Å²) in [6, 6.07) is 11.2. The predicted molar refractivity (Wildman–Crippen MR) is 206 cm³/mol. The Kier molecular flexibility index (Phi) is 13.2. The van der Waals surface area contributed by atoms with Gasteiger partial charge in [-0.25, -0.2) is 4.21 Å². The average Bonchev–Trinajstić information content (AvgIpc) is 3.48.